The Hall–Kier alpha value is -1.04. The molecular formula is C17H33BN2O3. The van der Waals surface area contributed by atoms with Gasteiger partial charge >= 0.3 is 0 Å². The predicted molar refractivity (Wildman–Crippen MR) is 94.1 cm³/mol. The van der Waals surface area contributed by atoms with Crippen LogP contribution in [0.5, 0.6) is 0 Å². The highest BCUT2D eigenvalue weighted by Gasteiger charge is 2.29. The summed E-state index contributed by atoms with van der Waals surface area (Å²) in [5.41, 5.74) is -0.799. The van der Waals surface area contributed by atoms with E-state index in [1.54, 1.807) is 0 Å². The Labute approximate surface area is 142 Å². The van der Waals surface area contributed by atoms with Crippen LogP contribution in [0.4, 0.5) is 0 Å². The summed E-state index contributed by atoms with van der Waals surface area (Å²) in [6.07, 6.45) is 1.87. The quantitative estimate of drug-likeness (QED) is 0.628. The van der Waals surface area contributed by atoms with Crippen molar-refractivity contribution in [1.82, 2.24) is 10.1 Å². The van der Waals surface area contributed by atoms with Gasteiger partial charge in [0, 0.05) is 31.0 Å². The molecular weight excluding hydrogens is 291 g/mol. The van der Waals surface area contributed by atoms with Crippen molar-refractivity contribution >= 4 is 19.8 Å². The highest BCUT2D eigenvalue weighted by Crippen LogP contribution is 2.21. The predicted octanol–water partition coefficient (Wildman–Crippen LogP) is 2.43. The Kier molecular flexibility index (Phi) is 8.89. The van der Waals surface area contributed by atoms with Crippen LogP contribution >= 0.6 is 0 Å². The van der Waals surface area contributed by atoms with Crippen LogP contribution < -0.4 is 5.32 Å². The van der Waals surface area contributed by atoms with E-state index in [1.807, 2.05) is 48.5 Å². The average Bonchev–Trinajstić information content (AvgIpc) is 2.44. The number of amides is 2. The number of hydrogen-bond acceptors (Lipinski definition) is 3. The molecule has 2 amide bonds. The highest BCUT2D eigenvalue weighted by atomic mass is 16.5. The number of rotatable bonds is 10. The standard InChI is InChI=1S/C17H33BN2O3/c1-8-14(21)19-11-9-17(6,7)23-12-10-16(4,5)20(18)15(22)13(2)3/h13H,8-12H2,1-7H3,(H,19,21). The van der Waals surface area contributed by atoms with Crippen LogP contribution in [0.1, 0.15) is 67.7 Å². The first-order valence-electron chi connectivity index (χ1n) is 8.42. The van der Waals surface area contributed by atoms with E-state index in [-0.39, 0.29) is 23.3 Å². The van der Waals surface area contributed by atoms with Crippen molar-refractivity contribution in [2.45, 2.75) is 78.9 Å². The van der Waals surface area contributed by atoms with Crippen LogP contribution in [0, 0.1) is 5.92 Å². The van der Waals surface area contributed by atoms with Gasteiger partial charge in [-0.25, -0.2) is 0 Å². The molecule has 0 saturated carbocycles. The Bertz CT molecular complexity index is 395. The Morgan fingerprint density at radius 1 is 1.17 bits per heavy atom. The second kappa shape index (κ2) is 9.31. The molecule has 0 aliphatic rings. The summed E-state index contributed by atoms with van der Waals surface area (Å²) in [5.74, 6) is -0.150. The molecule has 0 atom stereocenters. The fourth-order valence-corrected chi connectivity index (χ4v) is 1.97. The summed E-state index contributed by atoms with van der Waals surface area (Å²) < 4.78 is 5.93. The Balaban J connectivity index is 4.29. The molecule has 0 aromatic rings. The molecule has 0 unspecified atom stereocenters. The molecule has 0 aromatic carbocycles. The number of hydrogen-bond donors (Lipinski definition) is 1. The van der Waals surface area contributed by atoms with Crippen LogP contribution in [0.3, 0.4) is 0 Å². The van der Waals surface area contributed by atoms with Gasteiger partial charge in [-0.15, -0.1) is 0 Å². The van der Waals surface area contributed by atoms with Crippen molar-refractivity contribution in [3.05, 3.63) is 0 Å². The molecule has 5 nitrogen and oxygen atoms in total. The minimum Gasteiger partial charge on any atom is -0.392 e. The second-order valence-corrected chi connectivity index (χ2v) is 7.49. The first-order valence-corrected chi connectivity index (χ1v) is 8.42. The third-order valence-electron chi connectivity index (χ3n) is 3.96. The molecule has 0 rings (SSSR count). The topological polar surface area (TPSA) is 58.6 Å². The summed E-state index contributed by atoms with van der Waals surface area (Å²) in [7, 11) is 5.96. The van der Waals surface area contributed by atoms with Gasteiger partial charge in [0.2, 0.25) is 19.8 Å². The van der Waals surface area contributed by atoms with Crippen molar-refractivity contribution in [3.8, 4) is 0 Å². The van der Waals surface area contributed by atoms with Gasteiger partial charge in [0.05, 0.1) is 5.60 Å². The molecule has 23 heavy (non-hydrogen) atoms. The van der Waals surface area contributed by atoms with Crippen molar-refractivity contribution in [2.24, 2.45) is 5.92 Å². The van der Waals surface area contributed by atoms with Crippen LogP contribution in [0.15, 0.2) is 0 Å². The summed E-state index contributed by atoms with van der Waals surface area (Å²) in [6, 6.07) is 0. The summed E-state index contributed by atoms with van der Waals surface area (Å²) >= 11 is 0. The lowest BCUT2D eigenvalue weighted by atomic mass is 9.92. The number of carbonyl (C=O) groups excluding carboxylic acids is 2. The largest absolute Gasteiger partial charge is 0.392 e. The number of nitrogens with zero attached hydrogens (tertiary/aromatic N) is 1. The maximum absolute atomic E-state index is 12.0. The first-order chi connectivity index (χ1) is 10.4. The van der Waals surface area contributed by atoms with E-state index >= 15 is 0 Å². The number of carbonyl (C=O) groups is 2. The zero-order valence-electron chi connectivity index (χ0n) is 15.9. The molecule has 1 N–H and O–H groups in total. The molecule has 0 aliphatic heterocycles. The number of ether oxygens (including phenoxy) is 1. The van der Waals surface area contributed by atoms with Gasteiger partial charge in [-0.1, -0.05) is 20.8 Å². The summed E-state index contributed by atoms with van der Waals surface area (Å²) in [5, 5.41) is 2.85. The lowest BCUT2D eigenvalue weighted by Gasteiger charge is -2.38. The number of nitrogens with one attached hydrogen (secondary N) is 1. The Morgan fingerprint density at radius 2 is 1.74 bits per heavy atom. The lowest BCUT2D eigenvalue weighted by molar-refractivity contribution is -0.134. The maximum atomic E-state index is 12.0. The molecule has 0 aliphatic carbocycles. The smallest absolute Gasteiger partial charge is 0.231 e. The second-order valence-electron chi connectivity index (χ2n) is 7.49. The fourth-order valence-electron chi connectivity index (χ4n) is 1.97. The van der Waals surface area contributed by atoms with E-state index in [1.165, 1.54) is 4.81 Å². The first kappa shape index (κ1) is 22.0. The molecule has 0 spiro atoms. The molecule has 0 bridgehead atoms. The van der Waals surface area contributed by atoms with Gasteiger partial charge in [-0.3, -0.25) is 9.59 Å². The van der Waals surface area contributed by atoms with Crippen molar-refractivity contribution in [3.63, 3.8) is 0 Å². The third kappa shape index (κ3) is 8.40. The van der Waals surface area contributed by atoms with Gasteiger partial charge in [0.25, 0.3) is 0 Å². The van der Waals surface area contributed by atoms with E-state index in [4.69, 9.17) is 12.7 Å². The summed E-state index contributed by atoms with van der Waals surface area (Å²) in [4.78, 5) is 24.6. The van der Waals surface area contributed by atoms with Crippen LogP contribution in [-0.2, 0) is 14.3 Å². The molecule has 0 heterocycles. The summed E-state index contributed by atoms with van der Waals surface area (Å²) in [6.45, 7) is 14.5. The van der Waals surface area contributed by atoms with E-state index in [9.17, 15) is 9.59 Å². The van der Waals surface area contributed by atoms with E-state index < -0.39 is 5.54 Å². The van der Waals surface area contributed by atoms with E-state index in [0.29, 0.717) is 26.0 Å². The maximum Gasteiger partial charge on any atom is 0.231 e. The molecule has 132 valence electrons. The monoisotopic (exact) mass is 324 g/mol. The molecule has 6 heteroatoms. The average molecular weight is 324 g/mol. The van der Waals surface area contributed by atoms with Crippen molar-refractivity contribution < 1.29 is 14.3 Å². The lowest BCUT2D eigenvalue weighted by Crippen LogP contribution is -2.48. The zero-order chi connectivity index (χ0) is 18.3. The minimum atomic E-state index is -0.464. The fraction of sp³-hybridized carbons (Fsp3) is 0.882. The minimum absolute atomic E-state index is 0.0490. The molecule has 2 radical (unpaired) electrons. The zero-order valence-corrected chi connectivity index (χ0v) is 15.9. The molecule has 0 fully saturated rings. The van der Waals surface area contributed by atoms with Gasteiger partial charge in [0.1, 0.15) is 0 Å². The van der Waals surface area contributed by atoms with Crippen LogP contribution in [0.2, 0.25) is 0 Å². The highest BCUT2D eigenvalue weighted by molar-refractivity contribution is 6.15. The van der Waals surface area contributed by atoms with Gasteiger partial charge in [0.15, 0.2) is 0 Å². The van der Waals surface area contributed by atoms with Crippen LogP contribution in [-0.4, -0.2) is 48.9 Å². The normalized spacial score (nSPS) is 12.3. The third-order valence-corrected chi connectivity index (χ3v) is 3.96. The van der Waals surface area contributed by atoms with E-state index in [2.05, 4.69) is 5.32 Å². The van der Waals surface area contributed by atoms with Gasteiger partial charge in [-0.05, 0) is 40.5 Å². The molecule has 0 aromatic heterocycles. The van der Waals surface area contributed by atoms with Crippen molar-refractivity contribution in [2.75, 3.05) is 13.2 Å². The Morgan fingerprint density at radius 3 is 2.22 bits per heavy atom. The SMILES string of the molecule is [B]N(C(=O)C(C)C)C(C)(C)CCOC(C)(C)CCNC(=O)CC. The van der Waals surface area contributed by atoms with Crippen LogP contribution in [0.25, 0.3) is 0 Å². The van der Waals surface area contributed by atoms with E-state index in [0.717, 1.165) is 6.42 Å². The molecule has 0 saturated heterocycles. The van der Waals surface area contributed by atoms with Gasteiger partial charge < -0.3 is 14.9 Å². The van der Waals surface area contributed by atoms with Crippen molar-refractivity contribution in [1.29, 1.82) is 0 Å². The van der Waals surface area contributed by atoms with Gasteiger partial charge in [-0.2, -0.15) is 0 Å².